The molecule has 0 spiro atoms. The Bertz CT molecular complexity index is 514. The number of thiazole rings is 1. The zero-order chi connectivity index (χ0) is 15.4. The summed E-state index contributed by atoms with van der Waals surface area (Å²) in [5, 5.41) is 7.96. The summed E-state index contributed by atoms with van der Waals surface area (Å²) >= 11 is 1.78. The highest BCUT2D eigenvalue weighted by Crippen LogP contribution is 2.31. The van der Waals surface area contributed by atoms with Gasteiger partial charge in [0, 0.05) is 37.3 Å². The van der Waals surface area contributed by atoms with E-state index in [1.165, 1.54) is 37.2 Å². The summed E-state index contributed by atoms with van der Waals surface area (Å²) < 4.78 is 0. The van der Waals surface area contributed by atoms with E-state index in [1.54, 1.807) is 11.3 Å². The Morgan fingerprint density at radius 3 is 2.87 bits per heavy atom. The summed E-state index contributed by atoms with van der Waals surface area (Å²) in [6.45, 7) is 6.46. The minimum absolute atomic E-state index is 0. The third kappa shape index (κ3) is 5.56. The molecule has 2 heterocycles. The van der Waals surface area contributed by atoms with Crippen LogP contribution < -0.4 is 10.6 Å². The Kier molecular flexibility index (Phi) is 7.55. The van der Waals surface area contributed by atoms with Gasteiger partial charge in [-0.2, -0.15) is 0 Å². The molecule has 7 heteroatoms. The Labute approximate surface area is 160 Å². The van der Waals surface area contributed by atoms with E-state index in [-0.39, 0.29) is 24.0 Å². The standard InChI is InChI=1S/C16H27N5S.HI/c1-3-14-9-18-15(22-14)10-20-16(17-2)19-8-12-6-7-21(11-12)13-4-5-13;/h9,12-13H,3-8,10-11H2,1-2H3,(H2,17,19,20);1H. The summed E-state index contributed by atoms with van der Waals surface area (Å²) in [6, 6.07) is 0.903. The van der Waals surface area contributed by atoms with Gasteiger partial charge in [-0.3, -0.25) is 4.99 Å². The molecule has 0 radical (unpaired) electrons. The summed E-state index contributed by atoms with van der Waals surface area (Å²) in [5.74, 6) is 1.64. The fraction of sp³-hybridized carbons (Fsp3) is 0.750. The van der Waals surface area contributed by atoms with E-state index in [2.05, 4.69) is 32.4 Å². The van der Waals surface area contributed by atoms with Gasteiger partial charge in [0.2, 0.25) is 0 Å². The van der Waals surface area contributed by atoms with Crippen molar-refractivity contribution in [3.05, 3.63) is 16.1 Å². The minimum atomic E-state index is 0. The van der Waals surface area contributed by atoms with Crippen molar-refractivity contribution < 1.29 is 0 Å². The molecule has 23 heavy (non-hydrogen) atoms. The van der Waals surface area contributed by atoms with Gasteiger partial charge >= 0.3 is 0 Å². The smallest absolute Gasteiger partial charge is 0.191 e. The molecule has 0 amide bonds. The third-order valence-electron chi connectivity index (χ3n) is 4.52. The van der Waals surface area contributed by atoms with E-state index in [0.29, 0.717) is 0 Å². The number of nitrogens with one attached hydrogen (secondary N) is 2. The fourth-order valence-corrected chi connectivity index (χ4v) is 3.82. The second-order valence-corrected chi connectivity index (χ2v) is 7.46. The van der Waals surface area contributed by atoms with Crippen LogP contribution in [0.15, 0.2) is 11.2 Å². The second kappa shape index (κ2) is 9.17. The lowest BCUT2D eigenvalue weighted by atomic mass is 10.1. The Balaban J connectivity index is 0.00000192. The molecule has 2 aliphatic rings. The Hall–Kier alpha value is -0.410. The summed E-state index contributed by atoms with van der Waals surface area (Å²) in [4.78, 5) is 12.7. The lowest BCUT2D eigenvalue weighted by Gasteiger charge is -2.16. The van der Waals surface area contributed by atoms with Crippen molar-refractivity contribution in [3.63, 3.8) is 0 Å². The SMILES string of the molecule is CCc1cnc(CNC(=NC)NCC2CCN(C3CC3)C2)s1.I. The molecule has 2 N–H and O–H groups in total. The predicted molar refractivity (Wildman–Crippen MR) is 108 cm³/mol. The van der Waals surface area contributed by atoms with Crippen LogP contribution in [0.25, 0.3) is 0 Å². The van der Waals surface area contributed by atoms with Crippen LogP contribution in [0.4, 0.5) is 0 Å². The highest BCUT2D eigenvalue weighted by atomic mass is 127. The minimum Gasteiger partial charge on any atom is -0.356 e. The number of halogens is 1. The molecular weight excluding hydrogens is 421 g/mol. The van der Waals surface area contributed by atoms with Crippen LogP contribution >= 0.6 is 35.3 Å². The van der Waals surface area contributed by atoms with Crippen molar-refractivity contribution in [2.24, 2.45) is 10.9 Å². The van der Waals surface area contributed by atoms with Gasteiger partial charge in [0.05, 0.1) is 6.54 Å². The highest BCUT2D eigenvalue weighted by Gasteiger charge is 2.34. The van der Waals surface area contributed by atoms with Crippen molar-refractivity contribution in [2.75, 3.05) is 26.7 Å². The van der Waals surface area contributed by atoms with Gasteiger partial charge in [0.25, 0.3) is 0 Å². The van der Waals surface area contributed by atoms with Gasteiger partial charge in [-0.15, -0.1) is 35.3 Å². The molecule has 0 bridgehead atoms. The fourth-order valence-electron chi connectivity index (χ4n) is 3.01. The monoisotopic (exact) mass is 449 g/mol. The van der Waals surface area contributed by atoms with E-state index in [9.17, 15) is 0 Å². The quantitative estimate of drug-likeness (QED) is 0.398. The lowest BCUT2D eigenvalue weighted by molar-refractivity contribution is 0.314. The normalized spacial score (nSPS) is 22.0. The predicted octanol–water partition coefficient (Wildman–Crippen LogP) is 2.47. The maximum atomic E-state index is 4.43. The van der Waals surface area contributed by atoms with Crippen LogP contribution in [0.1, 0.15) is 36.1 Å². The third-order valence-corrected chi connectivity index (χ3v) is 5.66. The second-order valence-electron chi connectivity index (χ2n) is 6.26. The Morgan fingerprint density at radius 2 is 2.22 bits per heavy atom. The van der Waals surface area contributed by atoms with E-state index in [1.807, 2.05) is 13.2 Å². The first kappa shape index (κ1) is 18.9. The molecular formula is C16H28IN5S. The zero-order valence-electron chi connectivity index (χ0n) is 14.0. The summed E-state index contributed by atoms with van der Waals surface area (Å²) in [6.07, 6.45) is 7.17. The molecule has 1 saturated carbocycles. The number of guanidine groups is 1. The topological polar surface area (TPSA) is 52.6 Å². The first-order chi connectivity index (χ1) is 10.8. The molecule has 1 aromatic rings. The van der Waals surface area contributed by atoms with Gasteiger partial charge in [-0.1, -0.05) is 6.92 Å². The molecule has 130 valence electrons. The Morgan fingerprint density at radius 1 is 1.39 bits per heavy atom. The van der Waals surface area contributed by atoms with E-state index >= 15 is 0 Å². The number of hydrogen-bond acceptors (Lipinski definition) is 4. The van der Waals surface area contributed by atoms with Gasteiger partial charge < -0.3 is 15.5 Å². The van der Waals surface area contributed by atoms with Crippen molar-refractivity contribution in [1.29, 1.82) is 0 Å². The molecule has 0 aromatic carbocycles. The van der Waals surface area contributed by atoms with Crippen LogP contribution in [-0.4, -0.2) is 48.6 Å². The number of rotatable bonds is 6. The molecule has 1 atom stereocenters. The summed E-state index contributed by atoms with van der Waals surface area (Å²) in [7, 11) is 1.83. The number of likely N-dealkylation sites (tertiary alicyclic amines) is 1. The van der Waals surface area contributed by atoms with E-state index in [0.717, 1.165) is 42.4 Å². The first-order valence-electron chi connectivity index (χ1n) is 8.40. The maximum absolute atomic E-state index is 4.43. The lowest BCUT2D eigenvalue weighted by Crippen LogP contribution is -2.40. The maximum Gasteiger partial charge on any atom is 0.191 e. The highest BCUT2D eigenvalue weighted by molar-refractivity contribution is 14.0. The van der Waals surface area contributed by atoms with Crippen molar-refractivity contribution >= 4 is 41.3 Å². The van der Waals surface area contributed by atoms with Crippen LogP contribution in [0.2, 0.25) is 0 Å². The number of aryl methyl sites for hydroxylation is 1. The molecule has 1 aromatic heterocycles. The molecule has 2 fully saturated rings. The molecule has 1 saturated heterocycles. The van der Waals surface area contributed by atoms with Gasteiger partial charge in [-0.05, 0) is 38.1 Å². The van der Waals surface area contributed by atoms with Gasteiger partial charge in [-0.25, -0.2) is 4.98 Å². The molecule has 1 aliphatic carbocycles. The number of nitrogens with zero attached hydrogens (tertiary/aromatic N) is 3. The molecule has 1 aliphatic heterocycles. The molecule has 5 nitrogen and oxygen atoms in total. The summed E-state index contributed by atoms with van der Waals surface area (Å²) in [5.41, 5.74) is 0. The van der Waals surface area contributed by atoms with Gasteiger partial charge in [0.15, 0.2) is 5.96 Å². The number of aliphatic imine (C=N–C) groups is 1. The average molecular weight is 449 g/mol. The average Bonchev–Trinajstić information content (AvgIpc) is 3.11. The zero-order valence-corrected chi connectivity index (χ0v) is 17.2. The van der Waals surface area contributed by atoms with Crippen LogP contribution in [-0.2, 0) is 13.0 Å². The molecule has 3 rings (SSSR count). The van der Waals surface area contributed by atoms with Crippen molar-refractivity contribution in [2.45, 2.75) is 45.2 Å². The van der Waals surface area contributed by atoms with Crippen molar-refractivity contribution in [3.8, 4) is 0 Å². The van der Waals surface area contributed by atoms with Crippen molar-refractivity contribution in [1.82, 2.24) is 20.5 Å². The van der Waals surface area contributed by atoms with Gasteiger partial charge in [0.1, 0.15) is 5.01 Å². The number of hydrogen-bond donors (Lipinski definition) is 2. The van der Waals surface area contributed by atoms with Crippen LogP contribution in [0.3, 0.4) is 0 Å². The molecule has 1 unspecified atom stereocenters. The first-order valence-corrected chi connectivity index (χ1v) is 9.22. The van der Waals surface area contributed by atoms with Crippen LogP contribution in [0, 0.1) is 5.92 Å². The van der Waals surface area contributed by atoms with Crippen LogP contribution in [0.5, 0.6) is 0 Å². The number of aromatic nitrogens is 1. The largest absolute Gasteiger partial charge is 0.356 e. The van der Waals surface area contributed by atoms with E-state index in [4.69, 9.17) is 0 Å². The van der Waals surface area contributed by atoms with E-state index < -0.39 is 0 Å².